The van der Waals surface area contributed by atoms with Crippen LogP contribution in [-0.2, 0) is 0 Å². The Hall–Kier alpha value is -3.51. The van der Waals surface area contributed by atoms with Crippen LogP contribution in [0.3, 0.4) is 0 Å². The number of aryl methyl sites for hydroxylation is 3. The van der Waals surface area contributed by atoms with Gasteiger partial charge < -0.3 is 10.6 Å². The van der Waals surface area contributed by atoms with Gasteiger partial charge in [-0.2, -0.15) is 0 Å². The number of nitrogens with one attached hydrogen (secondary N) is 2. The van der Waals surface area contributed by atoms with Gasteiger partial charge in [0.2, 0.25) is 5.95 Å². The largest absolute Gasteiger partial charge is 0.343 e. The van der Waals surface area contributed by atoms with E-state index < -0.39 is 0 Å². The van der Waals surface area contributed by atoms with Gasteiger partial charge in [-0.05, 0) is 50.6 Å². The molecule has 0 aliphatic rings. The Morgan fingerprint density at radius 1 is 0.871 bits per heavy atom. The number of anilines is 2. The number of carbonyl (C=O) groups is 1. The lowest BCUT2D eigenvalue weighted by molar-refractivity contribution is 0.102. The number of nitrogens with zero attached hydrogens (tertiary/aromatic N) is 2. The van der Waals surface area contributed by atoms with Crippen molar-refractivity contribution in [2.45, 2.75) is 26.8 Å². The first kappa shape index (κ1) is 20.8. The molecule has 0 bridgehead atoms. The maximum Gasteiger partial charge on any atom is 0.256 e. The Morgan fingerprint density at radius 2 is 1.48 bits per heavy atom. The standard InChI is InChI=1S/C25H24N4OS/c1-16-14-17(2)27-25(26-16)28-22(19-10-6-4-7-11-19)21-15-18(3)31-24(21)29-23(30)20-12-8-5-9-13-20/h4-15,22H,1-3H3,(H,29,30)(H,26,27,28)/t22-/m1/s1. The molecule has 1 amide bonds. The molecule has 2 aromatic heterocycles. The van der Waals surface area contributed by atoms with Gasteiger partial charge in [0.05, 0.1) is 6.04 Å². The Kier molecular flexibility index (Phi) is 6.09. The van der Waals surface area contributed by atoms with Crippen LogP contribution in [0, 0.1) is 20.8 Å². The number of aromatic nitrogens is 2. The van der Waals surface area contributed by atoms with Gasteiger partial charge in [0.1, 0.15) is 5.00 Å². The van der Waals surface area contributed by atoms with Crippen LogP contribution in [0.15, 0.2) is 72.8 Å². The second-order valence-electron chi connectivity index (χ2n) is 7.42. The maximum atomic E-state index is 12.8. The van der Waals surface area contributed by atoms with Crippen molar-refractivity contribution in [2.75, 3.05) is 10.6 Å². The molecule has 0 saturated carbocycles. The number of amides is 1. The number of benzene rings is 2. The van der Waals surface area contributed by atoms with Crippen molar-refractivity contribution in [3.05, 3.63) is 106 Å². The molecule has 5 nitrogen and oxygen atoms in total. The number of hydrogen-bond donors (Lipinski definition) is 2. The van der Waals surface area contributed by atoms with E-state index in [0.29, 0.717) is 11.5 Å². The Bertz CT molecular complexity index is 1170. The van der Waals surface area contributed by atoms with Gasteiger partial charge >= 0.3 is 0 Å². The first-order valence-electron chi connectivity index (χ1n) is 10.1. The van der Waals surface area contributed by atoms with Crippen LogP contribution in [0.1, 0.15) is 43.8 Å². The number of hydrogen-bond acceptors (Lipinski definition) is 5. The fourth-order valence-electron chi connectivity index (χ4n) is 3.52. The molecular weight excluding hydrogens is 404 g/mol. The highest BCUT2D eigenvalue weighted by Gasteiger charge is 2.22. The zero-order valence-electron chi connectivity index (χ0n) is 17.7. The first-order valence-corrected chi connectivity index (χ1v) is 10.9. The molecule has 156 valence electrons. The summed E-state index contributed by atoms with van der Waals surface area (Å²) in [7, 11) is 0. The van der Waals surface area contributed by atoms with Gasteiger partial charge in [-0.15, -0.1) is 11.3 Å². The molecule has 0 aliphatic heterocycles. The van der Waals surface area contributed by atoms with Crippen LogP contribution < -0.4 is 10.6 Å². The second-order valence-corrected chi connectivity index (χ2v) is 8.68. The van der Waals surface area contributed by atoms with Crippen molar-refractivity contribution < 1.29 is 4.79 Å². The fourth-order valence-corrected chi connectivity index (χ4v) is 4.46. The average molecular weight is 429 g/mol. The van der Waals surface area contributed by atoms with Crippen LogP contribution in [0.4, 0.5) is 10.9 Å². The van der Waals surface area contributed by atoms with E-state index in [1.165, 1.54) is 0 Å². The summed E-state index contributed by atoms with van der Waals surface area (Å²) in [6.07, 6.45) is 0. The van der Waals surface area contributed by atoms with Gasteiger partial charge in [-0.25, -0.2) is 9.97 Å². The third kappa shape index (κ3) is 4.98. The molecule has 31 heavy (non-hydrogen) atoms. The molecule has 0 aliphatic carbocycles. The minimum atomic E-state index is -0.210. The van der Waals surface area contributed by atoms with E-state index in [4.69, 9.17) is 0 Å². The van der Waals surface area contributed by atoms with Crippen LogP contribution >= 0.6 is 11.3 Å². The van der Waals surface area contributed by atoms with E-state index in [-0.39, 0.29) is 11.9 Å². The lowest BCUT2D eigenvalue weighted by atomic mass is 10.00. The Balaban J connectivity index is 1.72. The third-order valence-electron chi connectivity index (χ3n) is 4.85. The molecule has 0 spiro atoms. The number of thiophene rings is 1. The van der Waals surface area contributed by atoms with Gasteiger partial charge in [0.25, 0.3) is 5.91 Å². The summed E-state index contributed by atoms with van der Waals surface area (Å²) in [4.78, 5) is 23.1. The highest BCUT2D eigenvalue weighted by molar-refractivity contribution is 7.16. The zero-order valence-corrected chi connectivity index (χ0v) is 18.5. The van der Waals surface area contributed by atoms with Gasteiger partial charge in [0, 0.05) is 27.4 Å². The van der Waals surface area contributed by atoms with Crippen molar-refractivity contribution in [1.82, 2.24) is 9.97 Å². The monoisotopic (exact) mass is 428 g/mol. The van der Waals surface area contributed by atoms with Crippen molar-refractivity contribution in [2.24, 2.45) is 0 Å². The van der Waals surface area contributed by atoms with Crippen LogP contribution in [0.25, 0.3) is 0 Å². The summed E-state index contributed by atoms with van der Waals surface area (Å²) in [5, 5.41) is 7.42. The molecule has 2 aromatic carbocycles. The van der Waals surface area contributed by atoms with E-state index >= 15 is 0 Å². The lowest BCUT2D eigenvalue weighted by Gasteiger charge is -2.21. The topological polar surface area (TPSA) is 66.9 Å². The normalized spacial score (nSPS) is 11.7. The summed E-state index contributed by atoms with van der Waals surface area (Å²) in [5.41, 5.74) is 4.49. The summed E-state index contributed by atoms with van der Waals surface area (Å²) in [5.74, 6) is 0.439. The first-order chi connectivity index (χ1) is 15.0. The molecule has 2 N–H and O–H groups in total. The minimum Gasteiger partial charge on any atom is -0.343 e. The summed E-state index contributed by atoms with van der Waals surface area (Å²) in [6.45, 7) is 5.96. The molecule has 0 unspecified atom stereocenters. The maximum absolute atomic E-state index is 12.8. The number of carbonyl (C=O) groups excluding carboxylic acids is 1. The van der Waals surface area contributed by atoms with Crippen molar-refractivity contribution in [1.29, 1.82) is 0 Å². The van der Waals surface area contributed by atoms with E-state index in [1.54, 1.807) is 11.3 Å². The van der Waals surface area contributed by atoms with Crippen LogP contribution in [0.2, 0.25) is 0 Å². The lowest BCUT2D eigenvalue weighted by Crippen LogP contribution is -2.18. The van der Waals surface area contributed by atoms with Gasteiger partial charge in [0.15, 0.2) is 0 Å². The molecule has 1 atom stereocenters. The van der Waals surface area contributed by atoms with Crippen LogP contribution in [-0.4, -0.2) is 15.9 Å². The molecule has 0 saturated heterocycles. The average Bonchev–Trinajstić information content (AvgIpc) is 3.12. The third-order valence-corrected chi connectivity index (χ3v) is 5.83. The van der Waals surface area contributed by atoms with Gasteiger partial charge in [-0.1, -0.05) is 48.5 Å². The van der Waals surface area contributed by atoms with E-state index in [2.05, 4.69) is 38.8 Å². The van der Waals surface area contributed by atoms with Crippen molar-refractivity contribution >= 4 is 28.2 Å². The zero-order chi connectivity index (χ0) is 21.8. The smallest absolute Gasteiger partial charge is 0.256 e. The quantitative estimate of drug-likeness (QED) is 0.400. The van der Waals surface area contributed by atoms with Crippen molar-refractivity contribution in [3.63, 3.8) is 0 Å². The summed E-state index contributed by atoms with van der Waals surface area (Å²) >= 11 is 1.56. The number of rotatable bonds is 6. The predicted octanol–water partition coefficient (Wildman–Crippen LogP) is 5.92. The molecule has 0 fully saturated rings. The fraction of sp³-hybridized carbons (Fsp3) is 0.160. The Morgan fingerprint density at radius 3 is 2.13 bits per heavy atom. The highest BCUT2D eigenvalue weighted by atomic mass is 32.1. The second kappa shape index (κ2) is 9.10. The van der Waals surface area contributed by atoms with E-state index in [9.17, 15) is 4.79 Å². The minimum absolute atomic E-state index is 0.127. The SMILES string of the molecule is Cc1cc(C)nc(N[C@H](c2ccccc2)c2cc(C)sc2NC(=O)c2ccccc2)n1. The summed E-state index contributed by atoms with van der Waals surface area (Å²) in [6, 6.07) is 23.2. The molecular formula is C25H24N4OS. The predicted molar refractivity (Wildman–Crippen MR) is 127 cm³/mol. The molecule has 4 rings (SSSR count). The van der Waals surface area contributed by atoms with Crippen molar-refractivity contribution in [3.8, 4) is 0 Å². The molecule has 2 heterocycles. The molecule has 4 aromatic rings. The molecule has 6 heteroatoms. The Labute approximate surface area is 186 Å². The van der Waals surface area contributed by atoms with E-state index in [1.807, 2.05) is 75.4 Å². The van der Waals surface area contributed by atoms with Gasteiger partial charge in [-0.3, -0.25) is 4.79 Å². The summed E-state index contributed by atoms with van der Waals surface area (Å²) < 4.78 is 0. The highest BCUT2D eigenvalue weighted by Crippen LogP contribution is 2.37. The van der Waals surface area contributed by atoms with Crippen LogP contribution in [0.5, 0.6) is 0 Å². The van der Waals surface area contributed by atoms with E-state index in [0.717, 1.165) is 32.4 Å². The molecule has 0 radical (unpaired) electrons.